The zero-order chi connectivity index (χ0) is 16.3. The molecule has 0 aliphatic carbocycles. The first kappa shape index (κ1) is 17.0. The highest BCUT2D eigenvalue weighted by molar-refractivity contribution is 5.78. The van der Waals surface area contributed by atoms with E-state index in [0.29, 0.717) is 12.4 Å². The molecule has 122 valence electrons. The Balaban J connectivity index is 2.19. The third kappa shape index (κ3) is 3.68. The molecule has 1 aliphatic heterocycles. The first-order valence-corrected chi connectivity index (χ1v) is 8.31. The van der Waals surface area contributed by atoms with Crippen LogP contribution in [0, 0.1) is 11.7 Å². The molecule has 22 heavy (non-hydrogen) atoms. The molecule has 3 heteroatoms. The van der Waals surface area contributed by atoms with Gasteiger partial charge in [-0.1, -0.05) is 33.3 Å². The summed E-state index contributed by atoms with van der Waals surface area (Å²) in [5, 5.41) is 0. The molecule has 0 bridgehead atoms. The van der Waals surface area contributed by atoms with Crippen LogP contribution >= 0.6 is 0 Å². The summed E-state index contributed by atoms with van der Waals surface area (Å²) >= 11 is 0. The maximum absolute atomic E-state index is 14.3. The number of ether oxygens (including phenoxy) is 1. The van der Waals surface area contributed by atoms with Gasteiger partial charge in [0.15, 0.2) is 11.6 Å². The first-order valence-electron chi connectivity index (χ1n) is 8.31. The SMILES string of the molecule is CCCC(CCc1cc(F)c2c(c1)C(C)(C)CCO2)C(C)=O. The minimum absolute atomic E-state index is 0.0617. The molecular weight excluding hydrogens is 279 g/mol. The van der Waals surface area contributed by atoms with E-state index >= 15 is 0 Å². The summed E-state index contributed by atoms with van der Waals surface area (Å²) in [4.78, 5) is 11.7. The predicted octanol–water partition coefficient (Wildman–Crippen LogP) is 4.82. The highest BCUT2D eigenvalue weighted by atomic mass is 19.1. The second kappa shape index (κ2) is 6.80. The molecule has 0 N–H and O–H groups in total. The number of aryl methyl sites for hydroxylation is 1. The number of benzene rings is 1. The van der Waals surface area contributed by atoms with Crippen molar-refractivity contribution in [1.29, 1.82) is 0 Å². The number of halogens is 1. The number of carbonyl (C=O) groups excluding carboxylic acids is 1. The Kier molecular flexibility index (Phi) is 5.25. The van der Waals surface area contributed by atoms with E-state index in [-0.39, 0.29) is 22.9 Å². The molecule has 2 rings (SSSR count). The van der Waals surface area contributed by atoms with Crippen LogP contribution in [0.1, 0.15) is 64.5 Å². The lowest BCUT2D eigenvalue weighted by atomic mass is 9.78. The van der Waals surface area contributed by atoms with Gasteiger partial charge in [0.25, 0.3) is 0 Å². The number of ketones is 1. The number of rotatable bonds is 6. The third-order valence-corrected chi connectivity index (χ3v) is 4.80. The van der Waals surface area contributed by atoms with Crippen LogP contribution < -0.4 is 4.74 Å². The summed E-state index contributed by atoms with van der Waals surface area (Å²) in [5.41, 5.74) is 1.87. The molecular formula is C19H27FO2. The van der Waals surface area contributed by atoms with E-state index in [9.17, 15) is 9.18 Å². The van der Waals surface area contributed by atoms with Crippen molar-refractivity contribution in [2.75, 3.05) is 6.61 Å². The fourth-order valence-electron chi connectivity index (χ4n) is 3.23. The summed E-state index contributed by atoms with van der Waals surface area (Å²) in [6.07, 6.45) is 4.35. The summed E-state index contributed by atoms with van der Waals surface area (Å²) in [5.74, 6) is 0.476. The van der Waals surface area contributed by atoms with Crippen molar-refractivity contribution in [2.45, 2.75) is 65.2 Å². The average molecular weight is 306 g/mol. The van der Waals surface area contributed by atoms with Crippen molar-refractivity contribution < 1.29 is 13.9 Å². The van der Waals surface area contributed by atoms with Gasteiger partial charge < -0.3 is 4.74 Å². The number of hydrogen-bond acceptors (Lipinski definition) is 2. The standard InChI is InChI=1S/C19H27FO2/c1-5-6-15(13(2)21)8-7-14-11-16-18(17(20)12-14)22-10-9-19(16,3)4/h11-12,15H,5-10H2,1-4H3. The number of carbonyl (C=O) groups is 1. The van der Waals surface area contributed by atoms with Crippen LogP contribution in [0.3, 0.4) is 0 Å². The third-order valence-electron chi connectivity index (χ3n) is 4.80. The second-order valence-electron chi connectivity index (χ2n) is 7.07. The Morgan fingerprint density at radius 3 is 2.73 bits per heavy atom. The second-order valence-corrected chi connectivity index (χ2v) is 7.07. The lowest BCUT2D eigenvalue weighted by Crippen LogP contribution is -2.27. The van der Waals surface area contributed by atoms with Crippen molar-refractivity contribution in [3.63, 3.8) is 0 Å². The van der Waals surface area contributed by atoms with E-state index in [1.807, 2.05) is 0 Å². The Hall–Kier alpha value is -1.38. The number of hydrogen-bond donors (Lipinski definition) is 0. The molecule has 1 heterocycles. The van der Waals surface area contributed by atoms with Crippen LogP contribution in [0.5, 0.6) is 5.75 Å². The Labute approximate surface area is 133 Å². The van der Waals surface area contributed by atoms with Gasteiger partial charge in [0.2, 0.25) is 0 Å². The van der Waals surface area contributed by atoms with Crippen LogP contribution in [0.2, 0.25) is 0 Å². The Morgan fingerprint density at radius 1 is 1.36 bits per heavy atom. The molecule has 1 aliphatic rings. The van der Waals surface area contributed by atoms with Gasteiger partial charge in [0, 0.05) is 11.5 Å². The van der Waals surface area contributed by atoms with Crippen molar-refractivity contribution in [3.05, 3.63) is 29.1 Å². The molecule has 2 nitrogen and oxygen atoms in total. The minimum atomic E-state index is -0.268. The van der Waals surface area contributed by atoms with Gasteiger partial charge in [-0.15, -0.1) is 0 Å². The van der Waals surface area contributed by atoms with E-state index in [2.05, 4.69) is 26.8 Å². The molecule has 0 spiro atoms. The predicted molar refractivity (Wildman–Crippen MR) is 86.9 cm³/mol. The quantitative estimate of drug-likeness (QED) is 0.753. The van der Waals surface area contributed by atoms with E-state index in [1.54, 1.807) is 13.0 Å². The molecule has 1 atom stereocenters. The maximum Gasteiger partial charge on any atom is 0.165 e. The van der Waals surface area contributed by atoms with Crippen molar-refractivity contribution in [1.82, 2.24) is 0 Å². The van der Waals surface area contributed by atoms with E-state index < -0.39 is 0 Å². The molecule has 0 aromatic heterocycles. The fourth-order valence-corrected chi connectivity index (χ4v) is 3.23. The summed E-state index contributed by atoms with van der Waals surface area (Å²) in [6.45, 7) is 8.58. The molecule has 1 aromatic carbocycles. The van der Waals surface area contributed by atoms with E-state index in [1.165, 1.54) is 0 Å². The van der Waals surface area contributed by atoms with Gasteiger partial charge in [-0.3, -0.25) is 4.79 Å². The monoisotopic (exact) mass is 306 g/mol. The van der Waals surface area contributed by atoms with Crippen molar-refractivity contribution >= 4 is 5.78 Å². The highest BCUT2D eigenvalue weighted by Gasteiger charge is 2.31. The summed E-state index contributed by atoms with van der Waals surface area (Å²) in [6, 6.07) is 3.64. The van der Waals surface area contributed by atoms with E-state index in [4.69, 9.17) is 4.74 Å². The van der Waals surface area contributed by atoms with Crippen LogP contribution in [0.4, 0.5) is 4.39 Å². The van der Waals surface area contributed by atoms with Crippen LogP contribution in [0.25, 0.3) is 0 Å². The summed E-state index contributed by atoms with van der Waals surface area (Å²) < 4.78 is 19.8. The Bertz CT molecular complexity index is 549. The zero-order valence-electron chi connectivity index (χ0n) is 14.2. The lowest BCUT2D eigenvalue weighted by molar-refractivity contribution is -0.121. The molecule has 0 fully saturated rings. The van der Waals surface area contributed by atoms with Gasteiger partial charge in [-0.25, -0.2) is 4.39 Å². The van der Waals surface area contributed by atoms with Crippen LogP contribution in [0.15, 0.2) is 12.1 Å². The normalized spacial score (nSPS) is 17.5. The van der Waals surface area contributed by atoms with Gasteiger partial charge >= 0.3 is 0 Å². The smallest absolute Gasteiger partial charge is 0.165 e. The highest BCUT2D eigenvalue weighted by Crippen LogP contribution is 2.40. The van der Waals surface area contributed by atoms with Crippen LogP contribution in [-0.2, 0) is 16.6 Å². The van der Waals surface area contributed by atoms with Gasteiger partial charge in [-0.2, -0.15) is 0 Å². The topological polar surface area (TPSA) is 26.3 Å². The van der Waals surface area contributed by atoms with Crippen molar-refractivity contribution in [3.8, 4) is 5.75 Å². The zero-order valence-corrected chi connectivity index (χ0v) is 14.2. The lowest BCUT2D eigenvalue weighted by Gasteiger charge is -2.33. The van der Waals surface area contributed by atoms with Gasteiger partial charge in [0.05, 0.1) is 6.61 Å². The number of Topliss-reactive ketones (excluding diaryl/α,β-unsaturated/α-hetero) is 1. The first-order chi connectivity index (χ1) is 10.3. The van der Waals surface area contributed by atoms with Crippen molar-refractivity contribution in [2.24, 2.45) is 5.92 Å². The molecule has 1 aromatic rings. The number of fused-ring (bicyclic) bond motifs is 1. The molecule has 0 amide bonds. The maximum atomic E-state index is 14.3. The summed E-state index contributed by atoms with van der Waals surface area (Å²) in [7, 11) is 0. The minimum Gasteiger partial charge on any atom is -0.490 e. The van der Waals surface area contributed by atoms with Gasteiger partial charge in [-0.05, 0) is 49.7 Å². The average Bonchev–Trinajstić information content (AvgIpc) is 2.44. The van der Waals surface area contributed by atoms with Gasteiger partial charge in [0.1, 0.15) is 5.78 Å². The molecule has 0 saturated carbocycles. The van der Waals surface area contributed by atoms with E-state index in [0.717, 1.165) is 43.2 Å². The van der Waals surface area contributed by atoms with Crippen LogP contribution in [-0.4, -0.2) is 12.4 Å². The molecule has 0 saturated heterocycles. The molecule has 1 unspecified atom stereocenters. The molecule has 0 radical (unpaired) electrons. The Morgan fingerprint density at radius 2 is 2.09 bits per heavy atom. The fraction of sp³-hybridized carbons (Fsp3) is 0.632. The largest absolute Gasteiger partial charge is 0.490 e.